The summed E-state index contributed by atoms with van der Waals surface area (Å²) in [6.07, 6.45) is 0. The molecule has 14 nitrogen and oxygen atoms in total. The molecule has 4 heterocycles. The van der Waals surface area contributed by atoms with Crippen LogP contribution in [0.4, 0.5) is 0 Å². The largest absolute Gasteiger partial charge is 0.508 e. The average molecular weight is 566 g/mol. The van der Waals surface area contributed by atoms with Crippen molar-refractivity contribution in [3.8, 4) is 5.75 Å². The number of hydrogen-bond donors (Lipinski definition) is 7. The van der Waals surface area contributed by atoms with Gasteiger partial charge < -0.3 is 26.4 Å². The Labute approximate surface area is 223 Å². The van der Waals surface area contributed by atoms with Crippen LogP contribution in [0.25, 0.3) is 0 Å². The summed E-state index contributed by atoms with van der Waals surface area (Å²) in [4.78, 5) is 51.0. The van der Waals surface area contributed by atoms with Gasteiger partial charge >= 0.3 is 11.9 Å². The fourth-order valence-corrected chi connectivity index (χ4v) is 7.14. The monoisotopic (exact) mass is 565 g/mol. The smallest absolute Gasteiger partial charge is 0.352 e. The topological polar surface area (TPSA) is 214 Å². The van der Waals surface area contributed by atoms with Gasteiger partial charge in [0.05, 0.1) is 5.25 Å². The van der Waals surface area contributed by atoms with Crippen molar-refractivity contribution >= 4 is 60.8 Å². The average Bonchev–Trinajstić information content (AvgIpc) is 3.29. The Bertz CT molecular complexity index is 1370. The minimum absolute atomic E-state index is 0.00197. The molecule has 1 saturated heterocycles. The SMILES string of the molecule is NC(C(=O)NC1C(=O)N2C(C(=O)O)=C(C(S)C3(S)c4nnnn4C3C(=O)O)CSC12)c1ccc(O)cc1. The summed E-state index contributed by atoms with van der Waals surface area (Å²) in [7, 11) is 0. The highest BCUT2D eigenvalue weighted by atomic mass is 32.2. The Hall–Kier alpha value is -3.28. The molecule has 2 amide bonds. The lowest BCUT2D eigenvalue weighted by Crippen LogP contribution is -2.71. The maximum Gasteiger partial charge on any atom is 0.352 e. The van der Waals surface area contributed by atoms with Crippen LogP contribution in [0, 0.1) is 0 Å². The number of carbonyl (C=O) groups excluding carboxylic acids is 2. The molecule has 3 aliphatic rings. The van der Waals surface area contributed by atoms with Gasteiger partial charge in [0.25, 0.3) is 5.91 Å². The highest BCUT2D eigenvalue weighted by molar-refractivity contribution is 8.00. The molecule has 37 heavy (non-hydrogen) atoms. The number of aliphatic carboxylic acids is 2. The van der Waals surface area contributed by atoms with Crippen LogP contribution in [-0.4, -0.2) is 86.6 Å². The Morgan fingerprint density at radius 2 is 1.92 bits per heavy atom. The minimum atomic E-state index is -1.54. The van der Waals surface area contributed by atoms with Crippen LogP contribution in [0.5, 0.6) is 5.75 Å². The zero-order valence-electron chi connectivity index (χ0n) is 18.5. The summed E-state index contributed by atoms with van der Waals surface area (Å²) >= 11 is 10.3. The van der Waals surface area contributed by atoms with Crippen molar-refractivity contribution in [2.24, 2.45) is 5.73 Å². The normalized spacial score (nSPS) is 27.8. The number of amides is 2. The number of β-lactam (4-membered cyclic amide) rings is 1. The van der Waals surface area contributed by atoms with Crippen LogP contribution in [0.3, 0.4) is 0 Å². The Morgan fingerprint density at radius 3 is 2.54 bits per heavy atom. The molecule has 194 valence electrons. The molecule has 0 radical (unpaired) electrons. The van der Waals surface area contributed by atoms with Crippen molar-refractivity contribution in [3.63, 3.8) is 0 Å². The molecule has 17 heteroatoms. The van der Waals surface area contributed by atoms with Crippen LogP contribution < -0.4 is 11.1 Å². The van der Waals surface area contributed by atoms with E-state index in [2.05, 4.69) is 46.1 Å². The van der Waals surface area contributed by atoms with Gasteiger partial charge in [-0.15, -0.1) is 16.9 Å². The van der Waals surface area contributed by atoms with E-state index in [9.17, 15) is 34.5 Å². The summed E-state index contributed by atoms with van der Waals surface area (Å²) in [6, 6.07) is 2.24. The molecule has 6 N–H and O–H groups in total. The fourth-order valence-electron chi connectivity index (χ4n) is 4.63. The highest BCUT2D eigenvalue weighted by Gasteiger charge is 2.63. The second kappa shape index (κ2) is 8.93. The van der Waals surface area contributed by atoms with Gasteiger partial charge in [-0.3, -0.25) is 14.5 Å². The zero-order valence-corrected chi connectivity index (χ0v) is 21.1. The van der Waals surface area contributed by atoms with Crippen LogP contribution >= 0.6 is 37.0 Å². The van der Waals surface area contributed by atoms with Crippen LogP contribution in [0.15, 0.2) is 35.5 Å². The van der Waals surface area contributed by atoms with Crippen molar-refractivity contribution in [1.82, 2.24) is 30.4 Å². The number of thiol groups is 2. The molecule has 3 aliphatic heterocycles. The van der Waals surface area contributed by atoms with Gasteiger partial charge in [0, 0.05) is 5.75 Å². The lowest BCUT2D eigenvalue weighted by molar-refractivity contribution is -0.151. The van der Waals surface area contributed by atoms with Crippen molar-refractivity contribution in [2.75, 3.05) is 5.75 Å². The Kier molecular flexibility index (Phi) is 6.12. The summed E-state index contributed by atoms with van der Waals surface area (Å²) in [5.41, 5.74) is 6.22. The van der Waals surface area contributed by atoms with Gasteiger partial charge in [0.15, 0.2) is 11.9 Å². The van der Waals surface area contributed by atoms with Gasteiger partial charge in [-0.25, -0.2) is 14.3 Å². The van der Waals surface area contributed by atoms with Crippen molar-refractivity contribution in [3.05, 3.63) is 46.9 Å². The third kappa shape index (κ3) is 3.67. The van der Waals surface area contributed by atoms with E-state index in [0.717, 1.165) is 9.58 Å². The predicted molar refractivity (Wildman–Crippen MR) is 133 cm³/mol. The number of benzene rings is 1. The molecular formula is C20H19N7O7S3. The standard InChI is InChI=1S/C20H19N7O7S3/c21-9(6-1-3-7(28)4-2-6)14(29)22-10-15(30)26-11(17(31)32)8(5-37-16(10)26)13(35)20(36)12(18(33)34)27-19(20)23-24-25-27/h1-4,9-10,12-13,16,28,35-36H,5,21H2,(H,22,29)(H,31,32)(H,33,34). The number of carboxylic acids is 2. The van der Waals surface area contributed by atoms with E-state index < -0.39 is 57.2 Å². The van der Waals surface area contributed by atoms with Gasteiger partial charge in [-0.1, -0.05) is 12.1 Å². The lowest BCUT2D eigenvalue weighted by atomic mass is 9.83. The third-order valence-corrected chi connectivity index (χ3v) is 9.45. The number of nitrogens with two attached hydrogens (primary N) is 1. The molecule has 5 rings (SSSR count). The number of aromatic nitrogens is 4. The Balaban J connectivity index is 1.39. The first kappa shape index (κ1) is 25.4. The van der Waals surface area contributed by atoms with E-state index >= 15 is 0 Å². The molecule has 0 saturated carbocycles. The molecule has 0 spiro atoms. The van der Waals surface area contributed by atoms with Gasteiger partial charge in [-0.05, 0) is 33.7 Å². The zero-order chi connectivity index (χ0) is 26.8. The number of aromatic hydroxyl groups is 1. The Morgan fingerprint density at radius 1 is 1.24 bits per heavy atom. The molecule has 6 atom stereocenters. The third-order valence-electron chi connectivity index (χ3n) is 6.53. The first-order chi connectivity index (χ1) is 17.5. The number of nitrogens with zero attached hydrogens (tertiary/aromatic N) is 5. The molecule has 2 aromatic rings. The van der Waals surface area contributed by atoms with E-state index in [4.69, 9.17) is 5.73 Å². The van der Waals surface area contributed by atoms with Crippen LogP contribution in [0.2, 0.25) is 0 Å². The second-order valence-corrected chi connectivity index (χ2v) is 10.9. The number of hydrogen-bond acceptors (Lipinski definition) is 12. The maximum absolute atomic E-state index is 13.0. The first-order valence-electron chi connectivity index (χ1n) is 10.7. The number of rotatable bonds is 7. The minimum Gasteiger partial charge on any atom is -0.508 e. The molecule has 6 unspecified atom stereocenters. The molecular weight excluding hydrogens is 546 g/mol. The number of nitrogens with one attached hydrogen (secondary N) is 1. The maximum atomic E-state index is 13.0. The second-order valence-electron chi connectivity index (χ2n) is 8.56. The van der Waals surface area contributed by atoms with Crippen molar-refractivity contribution in [2.45, 2.75) is 33.5 Å². The number of tetrazole rings is 1. The van der Waals surface area contributed by atoms with Gasteiger partial charge in [0.2, 0.25) is 5.91 Å². The van der Waals surface area contributed by atoms with E-state index in [0.29, 0.717) is 5.56 Å². The number of carboxylic acid groups (broad SMARTS) is 2. The quantitative estimate of drug-likeness (QED) is 0.157. The predicted octanol–water partition coefficient (Wildman–Crippen LogP) is -1.12. The summed E-state index contributed by atoms with van der Waals surface area (Å²) in [6.45, 7) is 0. The number of phenols is 1. The molecule has 0 bridgehead atoms. The fraction of sp³-hybridized carbons (Fsp3) is 0.350. The van der Waals surface area contributed by atoms with Gasteiger partial charge in [-0.2, -0.15) is 25.3 Å². The van der Waals surface area contributed by atoms with E-state index in [1.165, 1.54) is 36.0 Å². The lowest BCUT2D eigenvalue weighted by Gasteiger charge is -2.52. The van der Waals surface area contributed by atoms with Crippen LogP contribution in [-0.2, 0) is 23.9 Å². The number of fused-ring (bicyclic) bond motifs is 2. The van der Waals surface area contributed by atoms with Crippen molar-refractivity contribution in [1.29, 1.82) is 0 Å². The summed E-state index contributed by atoms with van der Waals surface area (Å²) in [5, 5.41) is 40.8. The number of thioether (sulfide) groups is 1. The van der Waals surface area contributed by atoms with E-state index in [1.54, 1.807) is 0 Å². The molecule has 1 aromatic heterocycles. The number of phenolic OH excluding ortho intramolecular Hbond substituents is 1. The summed E-state index contributed by atoms with van der Waals surface area (Å²) in [5.74, 6) is -3.83. The molecule has 0 aliphatic carbocycles. The molecule has 1 aromatic carbocycles. The number of carbonyl (C=O) groups is 4. The van der Waals surface area contributed by atoms with E-state index in [1.807, 2.05) is 0 Å². The van der Waals surface area contributed by atoms with Gasteiger partial charge in [0.1, 0.15) is 33.7 Å². The van der Waals surface area contributed by atoms with Crippen LogP contribution in [0.1, 0.15) is 23.5 Å². The first-order valence-corrected chi connectivity index (χ1v) is 12.7. The van der Waals surface area contributed by atoms with E-state index in [-0.39, 0.29) is 28.6 Å². The molecule has 1 fully saturated rings. The van der Waals surface area contributed by atoms with Crippen molar-refractivity contribution < 1.29 is 34.5 Å². The highest BCUT2D eigenvalue weighted by Crippen LogP contribution is 2.55. The summed E-state index contributed by atoms with van der Waals surface area (Å²) < 4.78 is -0.476.